The van der Waals surface area contributed by atoms with Gasteiger partial charge in [0, 0.05) is 17.4 Å². The standard InChI is InChI=1S/C14H11ClFN3O3/c1-22-13-8(15)6-9(17)7(12(13)16)2-3-11-18-5-4-10(19-11)14(20)21/h2-6H,17H2,1H3,(H,20,21). The summed E-state index contributed by atoms with van der Waals surface area (Å²) >= 11 is 5.82. The Kier molecular flexibility index (Phi) is 4.57. The van der Waals surface area contributed by atoms with Gasteiger partial charge in [-0.1, -0.05) is 11.6 Å². The number of methoxy groups -OCH3 is 1. The van der Waals surface area contributed by atoms with Crippen molar-refractivity contribution in [1.82, 2.24) is 9.97 Å². The number of carbonyl (C=O) groups is 1. The number of aromatic nitrogens is 2. The zero-order valence-corrected chi connectivity index (χ0v) is 12.1. The van der Waals surface area contributed by atoms with Crippen molar-refractivity contribution in [3.05, 3.63) is 46.3 Å². The van der Waals surface area contributed by atoms with Crippen molar-refractivity contribution in [2.45, 2.75) is 0 Å². The van der Waals surface area contributed by atoms with Gasteiger partial charge < -0.3 is 15.6 Å². The van der Waals surface area contributed by atoms with Crippen LogP contribution in [0.4, 0.5) is 10.1 Å². The number of anilines is 1. The molecule has 1 aromatic carbocycles. The molecule has 0 aliphatic heterocycles. The van der Waals surface area contributed by atoms with Gasteiger partial charge in [-0.05, 0) is 24.3 Å². The fourth-order valence-corrected chi connectivity index (χ4v) is 2.00. The summed E-state index contributed by atoms with van der Waals surface area (Å²) in [5.41, 5.74) is 5.70. The number of hydrogen-bond acceptors (Lipinski definition) is 5. The Bertz CT molecular complexity index is 765. The van der Waals surface area contributed by atoms with E-state index >= 15 is 0 Å². The summed E-state index contributed by atoms with van der Waals surface area (Å²) in [6, 6.07) is 2.61. The molecule has 2 rings (SSSR count). The summed E-state index contributed by atoms with van der Waals surface area (Å²) in [7, 11) is 1.29. The summed E-state index contributed by atoms with van der Waals surface area (Å²) in [5.74, 6) is -1.93. The van der Waals surface area contributed by atoms with Gasteiger partial charge in [-0.25, -0.2) is 19.2 Å². The van der Waals surface area contributed by atoms with Crippen LogP contribution < -0.4 is 10.5 Å². The minimum absolute atomic E-state index is 0.0468. The van der Waals surface area contributed by atoms with Crippen LogP contribution in [0, 0.1) is 5.82 Å². The maximum Gasteiger partial charge on any atom is 0.354 e. The Morgan fingerprint density at radius 3 is 2.86 bits per heavy atom. The molecule has 0 aliphatic rings. The number of nitrogen functional groups attached to an aromatic ring is 1. The summed E-state index contributed by atoms with van der Waals surface area (Å²) in [4.78, 5) is 18.5. The lowest BCUT2D eigenvalue weighted by molar-refractivity contribution is 0.0690. The van der Waals surface area contributed by atoms with Gasteiger partial charge in [0.2, 0.25) is 0 Å². The number of nitrogens with zero attached hydrogens (tertiary/aromatic N) is 2. The quantitative estimate of drug-likeness (QED) is 0.839. The molecule has 2 aromatic rings. The molecular weight excluding hydrogens is 313 g/mol. The third kappa shape index (κ3) is 3.15. The number of halogens is 2. The number of ether oxygens (including phenoxy) is 1. The number of carboxylic acid groups (broad SMARTS) is 1. The van der Waals surface area contributed by atoms with E-state index in [1.54, 1.807) is 0 Å². The van der Waals surface area contributed by atoms with Gasteiger partial charge in [0.1, 0.15) is 0 Å². The van der Waals surface area contributed by atoms with E-state index in [1.807, 2.05) is 0 Å². The number of benzene rings is 1. The summed E-state index contributed by atoms with van der Waals surface area (Å²) in [6.45, 7) is 0. The number of nitrogens with two attached hydrogens (primary N) is 1. The highest BCUT2D eigenvalue weighted by molar-refractivity contribution is 6.32. The van der Waals surface area contributed by atoms with E-state index in [0.29, 0.717) is 0 Å². The molecule has 0 bridgehead atoms. The Morgan fingerprint density at radius 1 is 1.50 bits per heavy atom. The normalized spacial score (nSPS) is 10.9. The van der Waals surface area contributed by atoms with Crippen molar-refractivity contribution in [2.75, 3.05) is 12.8 Å². The van der Waals surface area contributed by atoms with Gasteiger partial charge in [-0.15, -0.1) is 0 Å². The number of hydrogen-bond donors (Lipinski definition) is 2. The van der Waals surface area contributed by atoms with E-state index in [-0.39, 0.29) is 33.5 Å². The summed E-state index contributed by atoms with van der Waals surface area (Å²) in [5, 5.41) is 8.91. The van der Waals surface area contributed by atoms with Crippen molar-refractivity contribution in [3.8, 4) is 5.75 Å². The maximum atomic E-state index is 14.2. The molecule has 0 atom stereocenters. The highest BCUT2D eigenvalue weighted by atomic mass is 35.5. The monoisotopic (exact) mass is 323 g/mol. The van der Waals surface area contributed by atoms with E-state index < -0.39 is 11.8 Å². The molecule has 0 fully saturated rings. The summed E-state index contributed by atoms with van der Waals surface area (Å²) < 4.78 is 19.1. The van der Waals surface area contributed by atoms with Crippen LogP contribution >= 0.6 is 11.6 Å². The Labute approximate surface area is 130 Å². The molecular formula is C14H11ClFN3O3. The minimum Gasteiger partial charge on any atom is -0.492 e. The molecule has 0 saturated heterocycles. The highest BCUT2D eigenvalue weighted by Crippen LogP contribution is 2.34. The molecule has 114 valence electrons. The van der Waals surface area contributed by atoms with Crippen LogP contribution in [0.1, 0.15) is 21.9 Å². The van der Waals surface area contributed by atoms with E-state index in [0.717, 1.165) is 0 Å². The molecule has 0 radical (unpaired) electrons. The van der Waals surface area contributed by atoms with E-state index in [4.69, 9.17) is 27.2 Å². The Morgan fingerprint density at radius 2 is 2.23 bits per heavy atom. The van der Waals surface area contributed by atoms with Crippen LogP contribution in [0.25, 0.3) is 12.2 Å². The zero-order chi connectivity index (χ0) is 16.3. The van der Waals surface area contributed by atoms with Crippen LogP contribution in [-0.2, 0) is 0 Å². The lowest BCUT2D eigenvalue weighted by atomic mass is 10.1. The van der Waals surface area contributed by atoms with Gasteiger partial charge in [0.15, 0.2) is 23.1 Å². The number of carboxylic acids is 1. The second-order valence-electron chi connectivity index (χ2n) is 4.15. The largest absolute Gasteiger partial charge is 0.492 e. The van der Waals surface area contributed by atoms with Crippen LogP contribution in [-0.4, -0.2) is 28.2 Å². The molecule has 22 heavy (non-hydrogen) atoms. The SMILES string of the molecule is COc1c(Cl)cc(N)c(C=Cc2nccc(C(=O)O)n2)c1F. The average Bonchev–Trinajstić information content (AvgIpc) is 2.47. The third-order valence-electron chi connectivity index (χ3n) is 2.74. The predicted octanol–water partition coefficient (Wildman–Crippen LogP) is 2.73. The van der Waals surface area contributed by atoms with Crippen LogP contribution in [0.5, 0.6) is 5.75 Å². The first-order valence-corrected chi connectivity index (χ1v) is 6.37. The van der Waals surface area contributed by atoms with Crippen LogP contribution in [0.3, 0.4) is 0 Å². The van der Waals surface area contributed by atoms with Gasteiger partial charge in [-0.2, -0.15) is 0 Å². The van der Waals surface area contributed by atoms with Crippen LogP contribution in [0.15, 0.2) is 18.3 Å². The average molecular weight is 324 g/mol. The Hall–Kier alpha value is -2.67. The van der Waals surface area contributed by atoms with Gasteiger partial charge in [-0.3, -0.25) is 0 Å². The Balaban J connectivity index is 2.42. The lowest BCUT2D eigenvalue weighted by Gasteiger charge is -2.09. The minimum atomic E-state index is -1.18. The second-order valence-corrected chi connectivity index (χ2v) is 4.55. The maximum absolute atomic E-state index is 14.2. The first kappa shape index (κ1) is 15.7. The third-order valence-corrected chi connectivity index (χ3v) is 3.02. The van der Waals surface area contributed by atoms with Crippen molar-refractivity contribution in [3.63, 3.8) is 0 Å². The summed E-state index contributed by atoms with van der Waals surface area (Å²) in [6.07, 6.45) is 3.96. The predicted molar refractivity (Wildman–Crippen MR) is 80.3 cm³/mol. The van der Waals surface area contributed by atoms with Crippen molar-refractivity contribution < 1.29 is 19.0 Å². The molecule has 6 nitrogen and oxygen atoms in total. The number of aromatic carboxylic acids is 1. The molecule has 3 N–H and O–H groups in total. The lowest BCUT2D eigenvalue weighted by Crippen LogP contribution is -2.02. The molecule has 1 heterocycles. The zero-order valence-electron chi connectivity index (χ0n) is 11.4. The molecule has 0 aliphatic carbocycles. The van der Waals surface area contributed by atoms with Crippen molar-refractivity contribution in [1.29, 1.82) is 0 Å². The fourth-order valence-electron chi connectivity index (χ4n) is 1.72. The molecule has 1 aromatic heterocycles. The van der Waals surface area contributed by atoms with Gasteiger partial charge >= 0.3 is 5.97 Å². The first-order valence-electron chi connectivity index (χ1n) is 6.00. The smallest absolute Gasteiger partial charge is 0.354 e. The highest BCUT2D eigenvalue weighted by Gasteiger charge is 2.15. The number of rotatable bonds is 4. The second kappa shape index (κ2) is 6.40. The topological polar surface area (TPSA) is 98.3 Å². The van der Waals surface area contributed by atoms with Crippen molar-refractivity contribution in [2.24, 2.45) is 0 Å². The molecule has 0 unspecified atom stereocenters. The van der Waals surface area contributed by atoms with Gasteiger partial charge in [0.25, 0.3) is 0 Å². The molecule has 0 amide bonds. The molecule has 0 spiro atoms. The van der Waals surface area contributed by atoms with E-state index in [9.17, 15) is 9.18 Å². The fraction of sp³-hybridized carbons (Fsp3) is 0.0714. The first-order chi connectivity index (χ1) is 10.4. The van der Waals surface area contributed by atoms with Crippen molar-refractivity contribution >= 4 is 35.4 Å². The molecule has 8 heteroatoms. The molecule has 0 saturated carbocycles. The van der Waals surface area contributed by atoms with Gasteiger partial charge in [0.05, 0.1) is 12.1 Å². The van der Waals surface area contributed by atoms with E-state index in [1.165, 1.54) is 37.6 Å². The van der Waals surface area contributed by atoms with Crippen LogP contribution in [0.2, 0.25) is 5.02 Å². The van der Waals surface area contributed by atoms with E-state index in [2.05, 4.69) is 9.97 Å².